The Bertz CT molecular complexity index is 2360. The summed E-state index contributed by atoms with van der Waals surface area (Å²) < 4.78 is 0. The average Bonchev–Trinajstić information content (AvgIpc) is 3.35. The number of fused-ring (bicyclic) bond motifs is 8. The number of hydrogen-bond donors (Lipinski definition) is 0. The van der Waals surface area contributed by atoms with Crippen LogP contribution in [0, 0.1) is 17.3 Å². The Balaban J connectivity index is 1.05. The molecule has 0 saturated heterocycles. The number of allylic oxidation sites excluding steroid dienone is 20. The monoisotopic (exact) mass is 676 g/mol. The van der Waals surface area contributed by atoms with E-state index in [0.29, 0.717) is 11.8 Å². The lowest BCUT2D eigenvalue weighted by atomic mass is 9.58. The van der Waals surface area contributed by atoms with Crippen LogP contribution in [0.2, 0.25) is 0 Å². The van der Waals surface area contributed by atoms with Gasteiger partial charge in [0.05, 0.1) is 5.69 Å². The Morgan fingerprint density at radius 1 is 0.769 bits per heavy atom. The Labute approximate surface area is 307 Å². The van der Waals surface area contributed by atoms with Gasteiger partial charge in [-0.15, -0.1) is 0 Å². The maximum Gasteiger partial charge on any atom is 0.163 e. The van der Waals surface area contributed by atoms with Crippen LogP contribution in [-0.4, -0.2) is 15.0 Å². The van der Waals surface area contributed by atoms with E-state index in [1.165, 1.54) is 44.6 Å². The van der Waals surface area contributed by atoms with Crippen LogP contribution < -0.4 is 4.90 Å². The molecule has 4 nitrogen and oxygen atoms in total. The fraction of sp³-hybridized carbons (Fsp3) is 0.271. The second kappa shape index (κ2) is 12.4. The van der Waals surface area contributed by atoms with Crippen molar-refractivity contribution >= 4 is 27.6 Å². The Morgan fingerprint density at radius 2 is 1.67 bits per heavy atom. The van der Waals surface area contributed by atoms with Crippen LogP contribution in [0.25, 0.3) is 21.9 Å². The van der Waals surface area contributed by atoms with Gasteiger partial charge in [0.25, 0.3) is 0 Å². The normalized spacial score (nSPS) is 26.6. The standard InChI is InChI=1S/C48H44N4/c1-48(2)30-35-23-27-37-29-40(43(35)39-19-11-12-20-41(39)48)44-38-18-10-9-13-31(38)24-28-42(44)52(37)36-25-21-34(22-26-36)47-50-45(32-14-5-3-6-15-32)49-46(51-47)33-16-7-4-8-17-33/h3,5,7,9-14,16-21,23-29,34,39-41H,4,6,8,15,22,30H2,1-2H3. The van der Waals surface area contributed by atoms with E-state index >= 15 is 0 Å². The Morgan fingerprint density at radius 3 is 2.52 bits per heavy atom. The number of rotatable bonds is 4. The molecule has 0 radical (unpaired) electrons. The molecule has 7 aliphatic rings. The zero-order valence-electron chi connectivity index (χ0n) is 30.0. The highest BCUT2D eigenvalue weighted by atomic mass is 15.2. The van der Waals surface area contributed by atoms with Crippen LogP contribution in [0.1, 0.15) is 87.2 Å². The molecule has 0 amide bonds. The summed E-state index contributed by atoms with van der Waals surface area (Å²) in [6.45, 7) is 4.90. The first-order chi connectivity index (χ1) is 25.5. The van der Waals surface area contributed by atoms with Gasteiger partial charge in [0.1, 0.15) is 5.82 Å². The lowest BCUT2D eigenvalue weighted by Gasteiger charge is -2.47. The molecule has 256 valence electrons. The minimum Gasteiger partial charge on any atom is -0.311 e. The summed E-state index contributed by atoms with van der Waals surface area (Å²) in [5.74, 6) is 3.62. The minimum absolute atomic E-state index is 0.0729. The fourth-order valence-electron chi connectivity index (χ4n) is 9.63. The highest BCUT2D eigenvalue weighted by Gasteiger charge is 2.45. The summed E-state index contributed by atoms with van der Waals surface area (Å²) in [6, 6.07) is 13.6. The van der Waals surface area contributed by atoms with Crippen LogP contribution >= 0.6 is 0 Å². The lowest BCUT2D eigenvalue weighted by molar-refractivity contribution is 0.201. The second-order valence-corrected chi connectivity index (χ2v) is 15.9. The highest BCUT2D eigenvalue weighted by Crippen LogP contribution is 2.57. The van der Waals surface area contributed by atoms with E-state index in [1.54, 1.807) is 5.57 Å². The molecular formula is C48H44N4. The summed E-state index contributed by atoms with van der Waals surface area (Å²) in [5.41, 5.74) is 10.7. The first-order valence-corrected chi connectivity index (χ1v) is 19.2. The lowest BCUT2D eigenvalue weighted by Crippen LogP contribution is -2.37. The van der Waals surface area contributed by atoms with Gasteiger partial charge >= 0.3 is 0 Å². The molecule has 2 bridgehead atoms. The first-order valence-electron chi connectivity index (χ1n) is 19.2. The van der Waals surface area contributed by atoms with Crippen LogP contribution in [0.15, 0.2) is 156 Å². The van der Waals surface area contributed by atoms with Crippen molar-refractivity contribution in [1.29, 1.82) is 0 Å². The molecule has 2 heterocycles. The first kappa shape index (κ1) is 31.4. The Hall–Kier alpha value is -5.35. The van der Waals surface area contributed by atoms with Crippen molar-refractivity contribution in [2.45, 2.75) is 64.2 Å². The molecule has 10 rings (SSSR count). The number of nitrogens with zero attached hydrogens (tertiary/aromatic N) is 4. The summed E-state index contributed by atoms with van der Waals surface area (Å²) in [6.07, 6.45) is 43.0. The maximum absolute atomic E-state index is 5.12. The molecule has 4 atom stereocenters. The van der Waals surface area contributed by atoms with Crippen LogP contribution in [0.3, 0.4) is 0 Å². The predicted molar refractivity (Wildman–Crippen MR) is 214 cm³/mol. The van der Waals surface area contributed by atoms with Crippen molar-refractivity contribution in [1.82, 2.24) is 15.0 Å². The Kier molecular flexibility index (Phi) is 7.49. The predicted octanol–water partition coefficient (Wildman–Crippen LogP) is 11.6. The number of anilines is 1. The van der Waals surface area contributed by atoms with E-state index in [1.807, 2.05) is 0 Å². The third-order valence-corrected chi connectivity index (χ3v) is 12.2. The van der Waals surface area contributed by atoms with Crippen molar-refractivity contribution < 1.29 is 0 Å². The summed E-state index contributed by atoms with van der Waals surface area (Å²) in [5, 5.41) is 2.64. The summed E-state index contributed by atoms with van der Waals surface area (Å²) in [4.78, 5) is 17.7. The van der Waals surface area contributed by atoms with E-state index in [4.69, 9.17) is 15.0 Å². The summed E-state index contributed by atoms with van der Waals surface area (Å²) in [7, 11) is 0. The molecule has 3 aromatic rings. The van der Waals surface area contributed by atoms with Gasteiger partial charge in [-0.1, -0.05) is 123 Å². The molecule has 52 heavy (non-hydrogen) atoms. The van der Waals surface area contributed by atoms with Crippen molar-refractivity contribution in [2.24, 2.45) is 17.3 Å². The van der Waals surface area contributed by atoms with E-state index in [9.17, 15) is 0 Å². The molecule has 0 spiro atoms. The SMILES string of the molecule is CC1(C)CC2=C(C3C=C(C=C2)N(C2=CCC(c4nc(C5=CCCC=C5)nc(C5=CC=CCC5)n4)C=C2)c2ccc4ccccc4c23)C2C=CC=CC21. The second-order valence-electron chi connectivity index (χ2n) is 15.9. The van der Waals surface area contributed by atoms with Gasteiger partial charge in [-0.25, -0.2) is 15.0 Å². The van der Waals surface area contributed by atoms with Crippen molar-refractivity contribution in [3.05, 3.63) is 179 Å². The highest BCUT2D eigenvalue weighted by molar-refractivity contribution is 5.94. The van der Waals surface area contributed by atoms with Gasteiger partial charge in [-0.2, -0.15) is 0 Å². The molecule has 0 fully saturated rings. The molecule has 1 aliphatic heterocycles. The topological polar surface area (TPSA) is 41.9 Å². The van der Waals surface area contributed by atoms with Crippen molar-refractivity contribution in [3.8, 4) is 0 Å². The molecule has 4 heteroatoms. The quantitative estimate of drug-likeness (QED) is 0.276. The number of aromatic nitrogens is 3. The third-order valence-electron chi connectivity index (χ3n) is 12.2. The van der Waals surface area contributed by atoms with Gasteiger partial charge in [-0.05, 0) is 107 Å². The van der Waals surface area contributed by atoms with E-state index in [2.05, 4.69) is 152 Å². The van der Waals surface area contributed by atoms with Gasteiger partial charge in [0.2, 0.25) is 0 Å². The van der Waals surface area contributed by atoms with Gasteiger partial charge in [0, 0.05) is 34.7 Å². The van der Waals surface area contributed by atoms with Gasteiger partial charge < -0.3 is 4.90 Å². The molecule has 0 N–H and O–H groups in total. The molecular weight excluding hydrogens is 633 g/mol. The molecule has 2 aromatic carbocycles. The summed E-state index contributed by atoms with van der Waals surface area (Å²) >= 11 is 0. The molecule has 4 unspecified atom stereocenters. The number of benzene rings is 2. The molecule has 0 saturated carbocycles. The van der Waals surface area contributed by atoms with Crippen LogP contribution in [-0.2, 0) is 0 Å². The van der Waals surface area contributed by atoms with Crippen LogP contribution in [0.5, 0.6) is 0 Å². The van der Waals surface area contributed by atoms with Gasteiger partial charge in [0.15, 0.2) is 11.6 Å². The average molecular weight is 677 g/mol. The van der Waals surface area contributed by atoms with Crippen LogP contribution in [0.4, 0.5) is 5.69 Å². The van der Waals surface area contributed by atoms with Crippen molar-refractivity contribution in [2.75, 3.05) is 4.90 Å². The van der Waals surface area contributed by atoms with Gasteiger partial charge in [-0.3, -0.25) is 0 Å². The molecule has 1 aromatic heterocycles. The van der Waals surface area contributed by atoms with E-state index in [-0.39, 0.29) is 17.3 Å². The minimum atomic E-state index is 0.0729. The zero-order valence-corrected chi connectivity index (χ0v) is 30.0. The van der Waals surface area contributed by atoms with Crippen molar-refractivity contribution in [3.63, 3.8) is 0 Å². The molecule has 6 aliphatic carbocycles. The van der Waals surface area contributed by atoms with E-state index < -0.39 is 0 Å². The van der Waals surface area contributed by atoms with E-state index in [0.717, 1.165) is 61.6 Å². The smallest absolute Gasteiger partial charge is 0.163 e. The fourth-order valence-corrected chi connectivity index (χ4v) is 9.63. The maximum atomic E-state index is 5.12. The third kappa shape index (κ3) is 5.22. The largest absolute Gasteiger partial charge is 0.311 e. The number of hydrogen-bond acceptors (Lipinski definition) is 4. The zero-order chi connectivity index (χ0) is 34.8.